The second-order valence-electron chi connectivity index (χ2n) is 4.93. The van der Waals surface area contributed by atoms with Gasteiger partial charge in [0.15, 0.2) is 5.65 Å². The Kier molecular flexibility index (Phi) is 2.91. The van der Waals surface area contributed by atoms with Crippen molar-refractivity contribution in [2.24, 2.45) is 0 Å². The molecule has 3 rings (SSSR count). The van der Waals surface area contributed by atoms with Gasteiger partial charge in [0.25, 0.3) is 0 Å². The topological polar surface area (TPSA) is 59.5 Å². The molecule has 1 saturated heterocycles. The molecule has 96 valence electrons. The molecular formula is C13H19N5. The maximum absolute atomic E-state index is 6.04. The average molecular weight is 245 g/mol. The highest BCUT2D eigenvalue weighted by Gasteiger charge is 2.24. The van der Waals surface area contributed by atoms with E-state index in [4.69, 9.17) is 5.73 Å². The summed E-state index contributed by atoms with van der Waals surface area (Å²) in [5.41, 5.74) is 6.89. The third kappa shape index (κ3) is 1.84. The Balaban J connectivity index is 1.99. The average Bonchev–Trinajstić information content (AvgIpc) is 2.84. The molecule has 0 aromatic carbocycles. The van der Waals surface area contributed by atoms with E-state index < -0.39 is 0 Å². The number of aromatic nitrogens is 3. The van der Waals surface area contributed by atoms with E-state index in [0.717, 1.165) is 30.4 Å². The predicted octanol–water partition coefficient (Wildman–Crippen LogP) is 1.51. The van der Waals surface area contributed by atoms with Crippen LogP contribution in [0.3, 0.4) is 0 Å². The van der Waals surface area contributed by atoms with Crippen molar-refractivity contribution in [2.45, 2.75) is 25.7 Å². The van der Waals surface area contributed by atoms with Crippen molar-refractivity contribution >= 4 is 11.5 Å². The van der Waals surface area contributed by atoms with Gasteiger partial charge in [-0.25, -0.2) is 0 Å². The van der Waals surface area contributed by atoms with Crippen LogP contribution in [0.25, 0.3) is 5.65 Å². The highest BCUT2D eigenvalue weighted by Crippen LogP contribution is 2.26. The molecule has 1 unspecified atom stereocenters. The fourth-order valence-corrected chi connectivity index (χ4v) is 2.81. The number of fused-ring (bicyclic) bond motifs is 1. The lowest BCUT2D eigenvalue weighted by molar-refractivity contribution is 0.213. The van der Waals surface area contributed by atoms with Crippen LogP contribution < -0.4 is 5.73 Å². The summed E-state index contributed by atoms with van der Waals surface area (Å²) in [6.07, 6.45) is 2.39. The van der Waals surface area contributed by atoms with E-state index >= 15 is 0 Å². The number of nitrogens with zero attached hydrogens (tertiary/aromatic N) is 4. The molecule has 0 bridgehead atoms. The molecule has 18 heavy (non-hydrogen) atoms. The van der Waals surface area contributed by atoms with E-state index in [9.17, 15) is 0 Å². The second kappa shape index (κ2) is 4.57. The van der Waals surface area contributed by atoms with E-state index in [1.165, 1.54) is 19.4 Å². The van der Waals surface area contributed by atoms with Crippen LogP contribution in [0.4, 0.5) is 5.82 Å². The van der Waals surface area contributed by atoms with Crippen molar-refractivity contribution in [3.05, 3.63) is 24.0 Å². The van der Waals surface area contributed by atoms with Crippen molar-refractivity contribution in [3.63, 3.8) is 0 Å². The molecule has 0 saturated carbocycles. The summed E-state index contributed by atoms with van der Waals surface area (Å²) < 4.78 is 1.99. The zero-order valence-corrected chi connectivity index (χ0v) is 10.7. The number of anilines is 1. The molecule has 1 aliphatic rings. The summed E-state index contributed by atoms with van der Waals surface area (Å²) in [5, 5.41) is 8.57. The van der Waals surface area contributed by atoms with E-state index in [1.807, 2.05) is 22.6 Å². The van der Waals surface area contributed by atoms with Gasteiger partial charge in [0.05, 0.1) is 0 Å². The molecule has 1 aliphatic heterocycles. The smallest absolute Gasteiger partial charge is 0.162 e. The third-order valence-electron chi connectivity index (χ3n) is 3.80. The number of pyridine rings is 1. The highest BCUT2D eigenvalue weighted by atomic mass is 15.3. The summed E-state index contributed by atoms with van der Waals surface area (Å²) in [4.78, 5) is 2.47. The van der Waals surface area contributed by atoms with Crippen molar-refractivity contribution in [1.82, 2.24) is 19.5 Å². The molecule has 0 radical (unpaired) electrons. The highest BCUT2D eigenvalue weighted by molar-refractivity contribution is 5.48. The van der Waals surface area contributed by atoms with Crippen LogP contribution >= 0.6 is 0 Å². The van der Waals surface area contributed by atoms with Crippen LogP contribution in [0.15, 0.2) is 18.2 Å². The van der Waals surface area contributed by atoms with Gasteiger partial charge < -0.3 is 10.6 Å². The summed E-state index contributed by atoms with van der Waals surface area (Å²) in [6.45, 7) is 5.56. The normalized spacial score (nSPS) is 21.5. The minimum Gasteiger partial charge on any atom is -0.385 e. The Morgan fingerprint density at radius 3 is 3.11 bits per heavy atom. The van der Waals surface area contributed by atoms with Gasteiger partial charge in [0, 0.05) is 12.5 Å². The van der Waals surface area contributed by atoms with E-state index in [2.05, 4.69) is 22.0 Å². The van der Waals surface area contributed by atoms with E-state index in [1.54, 1.807) is 0 Å². The summed E-state index contributed by atoms with van der Waals surface area (Å²) in [6, 6.07) is 5.77. The first-order chi connectivity index (χ1) is 8.79. The minimum absolute atomic E-state index is 0.443. The Morgan fingerprint density at radius 2 is 2.28 bits per heavy atom. The number of likely N-dealkylation sites (tertiary alicyclic amines) is 1. The Labute approximate surface area is 107 Å². The van der Waals surface area contributed by atoms with Crippen LogP contribution in [0.5, 0.6) is 0 Å². The largest absolute Gasteiger partial charge is 0.385 e. The standard InChI is InChI=1S/C13H19N5/c1-2-17-8-4-5-10(9-17)13-16-15-12-7-3-6-11(14)18(12)13/h3,6-7,10H,2,4-5,8-9,14H2,1H3. The van der Waals surface area contributed by atoms with Crippen molar-refractivity contribution in [3.8, 4) is 0 Å². The molecule has 2 aromatic heterocycles. The lowest BCUT2D eigenvalue weighted by Gasteiger charge is -2.30. The van der Waals surface area contributed by atoms with Gasteiger partial charge in [-0.15, -0.1) is 10.2 Å². The number of hydrogen-bond donors (Lipinski definition) is 1. The number of piperidine rings is 1. The summed E-state index contributed by atoms with van der Waals surface area (Å²) in [7, 11) is 0. The van der Waals surface area contributed by atoms with Gasteiger partial charge in [-0.2, -0.15) is 0 Å². The van der Waals surface area contributed by atoms with Gasteiger partial charge in [0.2, 0.25) is 0 Å². The molecule has 3 heterocycles. The first kappa shape index (κ1) is 11.5. The first-order valence-electron chi connectivity index (χ1n) is 6.61. The van der Waals surface area contributed by atoms with E-state index in [-0.39, 0.29) is 0 Å². The van der Waals surface area contributed by atoms with Crippen LogP contribution in [-0.2, 0) is 0 Å². The van der Waals surface area contributed by atoms with Crippen LogP contribution in [0, 0.1) is 0 Å². The van der Waals surface area contributed by atoms with Gasteiger partial charge in [-0.3, -0.25) is 4.40 Å². The first-order valence-corrected chi connectivity index (χ1v) is 6.61. The van der Waals surface area contributed by atoms with Gasteiger partial charge in [-0.05, 0) is 38.1 Å². The zero-order valence-electron chi connectivity index (χ0n) is 10.7. The lowest BCUT2D eigenvalue weighted by atomic mass is 9.97. The van der Waals surface area contributed by atoms with Gasteiger partial charge in [0.1, 0.15) is 11.6 Å². The molecular weight excluding hydrogens is 226 g/mol. The van der Waals surface area contributed by atoms with Crippen molar-refractivity contribution < 1.29 is 0 Å². The second-order valence-corrected chi connectivity index (χ2v) is 4.93. The maximum Gasteiger partial charge on any atom is 0.162 e. The molecule has 2 aromatic rings. The fourth-order valence-electron chi connectivity index (χ4n) is 2.81. The Morgan fingerprint density at radius 1 is 1.39 bits per heavy atom. The molecule has 1 fully saturated rings. The molecule has 2 N–H and O–H groups in total. The molecule has 5 heteroatoms. The van der Waals surface area contributed by atoms with Gasteiger partial charge in [-0.1, -0.05) is 13.0 Å². The van der Waals surface area contributed by atoms with E-state index in [0.29, 0.717) is 5.92 Å². The minimum atomic E-state index is 0.443. The van der Waals surface area contributed by atoms with Crippen LogP contribution in [0.2, 0.25) is 0 Å². The fraction of sp³-hybridized carbons (Fsp3) is 0.538. The zero-order chi connectivity index (χ0) is 12.5. The number of nitrogens with two attached hydrogens (primary N) is 1. The number of likely N-dealkylation sites (N-methyl/N-ethyl adjacent to an activating group) is 1. The number of nitrogen functional groups attached to an aromatic ring is 1. The van der Waals surface area contributed by atoms with Crippen LogP contribution in [0.1, 0.15) is 31.5 Å². The van der Waals surface area contributed by atoms with Crippen molar-refractivity contribution in [1.29, 1.82) is 0 Å². The predicted molar refractivity (Wildman–Crippen MR) is 71.5 cm³/mol. The molecule has 0 aliphatic carbocycles. The third-order valence-corrected chi connectivity index (χ3v) is 3.80. The van der Waals surface area contributed by atoms with Crippen LogP contribution in [-0.4, -0.2) is 39.1 Å². The molecule has 1 atom stereocenters. The Bertz CT molecular complexity index is 547. The lowest BCUT2D eigenvalue weighted by Crippen LogP contribution is -2.34. The maximum atomic E-state index is 6.04. The van der Waals surface area contributed by atoms with Gasteiger partial charge >= 0.3 is 0 Å². The number of hydrogen-bond acceptors (Lipinski definition) is 4. The van der Waals surface area contributed by atoms with Crippen molar-refractivity contribution in [2.75, 3.05) is 25.4 Å². The molecule has 0 amide bonds. The summed E-state index contributed by atoms with van der Waals surface area (Å²) in [5.74, 6) is 2.18. The molecule has 0 spiro atoms. The Hall–Kier alpha value is -1.62. The summed E-state index contributed by atoms with van der Waals surface area (Å²) >= 11 is 0. The monoisotopic (exact) mass is 245 g/mol. The SMILES string of the molecule is CCN1CCCC(c2nnc3cccc(N)n23)C1. The number of rotatable bonds is 2. The quantitative estimate of drug-likeness (QED) is 0.871. The molecule has 5 nitrogen and oxygen atoms in total.